The maximum absolute atomic E-state index is 13.3. The summed E-state index contributed by atoms with van der Waals surface area (Å²) in [6.07, 6.45) is 5.21. The van der Waals surface area contributed by atoms with Gasteiger partial charge in [0.2, 0.25) is 0 Å². The summed E-state index contributed by atoms with van der Waals surface area (Å²) in [5, 5.41) is 3.62. The number of methoxy groups -OCH3 is 2. The zero-order chi connectivity index (χ0) is 22.0. The maximum Gasteiger partial charge on any atom is 0.255 e. The fourth-order valence-corrected chi connectivity index (χ4v) is 5.23. The molecule has 0 saturated carbocycles. The molecule has 0 spiro atoms. The number of nitrogens with zero attached hydrogens (tertiary/aromatic N) is 1. The maximum atomic E-state index is 13.3. The fourth-order valence-electron chi connectivity index (χ4n) is 5.02. The van der Waals surface area contributed by atoms with Crippen molar-refractivity contribution in [2.75, 3.05) is 14.2 Å². The van der Waals surface area contributed by atoms with Gasteiger partial charge in [-0.2, -0.15) is 0 Å². The molecule has 2 saturated heterocycles. The molecule has 0 radical (unpaired) electrons. The molecular formula is C24H28ClFN2O3. The molecule has 0 aromatic heterocycles. The molecule has 2 bridgehead atoms. The molecular weight excluding hydrogens is 419 g/mol. The number of nitrogens with one attached hydrogen (secondary N) is 1. The average Bonchev–Trinajstić information content (AvgIpc) is 2.75. The van der Waals surface area contributed by atoms with Crippen molar-refractivity contribution in [2.24, 2.45) is 0 Å². The smallest absolute Gasteiger partial charge is 0.255 e. The van der Waals surface area contributed by atoms with Crippen molar-refractivity contribution >= 4 is 17.5 Å². The van der Waals surface area contributed by atoms with E-state index in [0.717, 1.165) is 37.8 Å². The average molecular weight is 447 g/mol. The Hall–Kier alpha value is -2.31. The van der Waals surface area contributed by atoms with Gasteiger partial charge < -0.3 is 14.8 Å². The SMILES string of the molecule is COc1cc(Cl)cc(C(=O)NC2CC3CCCC(C2)N3Cc2ccc(F)cc2)c1OC. The summed E-state index contributed by atoms with van der Waals surface area (Å²) in [6.45, 7) is 0.815. The van der Waals surface area contributed by atoms with E-state index in [9.17, 15) is 9.18 Å². The highest BCUT2D eigenvalue weighted by molar-refractivity contribution is 6.31. The summed E-state index contributed by atoms with van der Waals surface area (Å²) in [5.41, 5.74) is 1.50. The van der Waals surface area contributed by atoms with Gasteiger partial charge in [-0.25, -0.2) is 4.39 Å². The van der Waals surface area contributed by atoms with Crippen LogP contribution in [0.5, 0.6) is 11.5 Å². The van der Waals surface area contributed by atoms with Crippen molar-refractivity contribution in [3.05, 3.63) is 58.4 Å². The van der Waals surface area contributed by atoms with Crippen molar-refractivity contribution < 1.29 is 18.7 Å². The molecule has 2 aliphatic heterocycles. The highest BCUT2D eigenvalue weighted by atomic mass is 35.5. The third-order valence-electron chi connectivity index (χ3n) is 6.43. The predicted octanol–water partition coefficient (Wildman–Crippen LogP) is 4.81. The number of carbonyl (C=O) groups is 1. The Morgan fingerprint density at radius 3 is 2.42 bits per heavy atom. The van der Waals surface area contributed by atoms with Crippen LogP contribution in [0.3, 0.4) is 0 Å². The third kappa shape index (κ3) is 4.80. The second-order valence-electron chi connectivity index (χ2n) is 8.37. The largest absolute Gasteiger partial charge is 0.493 e. The van der Waals surface area contributed by atoms with Gasteiger partial charge in [0.15, 0.2) is 11.5 Å². The van der Waals surface area contributed by atoms with Crippen LogP contribution in [0.2, 0.25) is 5.02 Å². The van der Waals surface area contributed by atoms with E-state index in [4.69, 9.17) is 21.1 Å². The lowest BCUT2D eigenvalue weighted by Gasteiger charge is -2.49. The van der Waals surface area contributed by atoms with Gasteiger partial charge in [0, 0.05) is 35.8 Å². The topological polar surface area (TPSA) is 50.8 Å². The van der Waals surface area contributed by atoms with Crippen LogP contribution in [-0.4, -0.2) is 43.2 Å². The summed E-state index contributed by atoms with van der Waals surface area (Å²) in [5.74, 6) is 0.413. The quantitative estimate of drug-likeness (QED) is 0.691. The van der Waals surface area contributed by atoms with Gasteiger partial charge in [-0.05, 0) is 49.4 Å². The van der Waals surface area contributed by atoms with E-state index in [2.05, 4.69) is 10.2 Å². The lowest BCUT2D eigenvalue weighted by Crippen LogP contribution is -2.56. The molecule has 2 aliphatic rings. The Labute approximate surface area is 187 Å². The minimum Gasteiger partial charge on any atom is -0.493 e. The summed E-state index contributed by atoms with van der Waals surface area (Å²) in [7, 11) is 3.04. The van der Waals surface area contributed by atoms with E-state index in [1.807, 2.05) is 12.1 Å². The van der Waals surface area contributed by atoms with E-state index >= 15 is 0 Å². The van der Waals surface area contributed by atoms with Crippen LogP contribution in [0.1, 0.15) is 48.0 Å². The van der Waals surface area contributed by atoms with Gasteiger partial charge in [0.1, 0.15) is 5.82 Å². The first-order chi connectivity index (χ1) is 15.0. The molecule has 4 rings (SSSR count). The van der Waals surface area contributed by atoms with Crippen LogP contribution in [0.15, 0.2) is 36.4 Å². The molecule has 1 N–H and O–H groups in total. The summed E-state index contributed by atoms with van der Waals surface area (Å²) in [4.78, 5) is 15.6. The first-order valence-electron chi connectivity index (χ1n) is 10.7. The van der Waals surface area contributed by atoms with Crippen molar-refractivity contribution in [3.63, 3.8) is 0 Å². The van der Waals surface area contributed by atoms with Gasteiger partial charge >= 0.3 is 0 Å². The summed E-state index contributed by atoms with van der Waals surface area (Å²) in [6, 6.07) is 10.9. The van der Waals surface area contributed by atoms with Crippen LogP contribution >= 0.6 is 11.6 Å². The van der Waals surface area contributed by atoms with Crippen LogP contribution in [0.25, 0.3) is 0 Å². The lowest BCUT2D eigenvalue weighted by atomic mass is 9.81. The molecule has 2 aromatic rings. The summed E-state index contributed by atoms with van der Waals surface area (Å²) < 4.78 is 24.0. The number of carbonyl (C=O) groups excluding carboxylic acids is 1. The Kier molecular flexibility index (Phi) is 6.68. The highest BCUT2D eigenvalue weighted by Gasteiger charge is 2.38. The monoisotopic (exact) mass is 446 g/mol. The molecule has 2 fully saturated rings. The minimum absolute atomic E-state index is 0.0851. The Morgan fingerprint density at radius 2 is 1.81 bits per heavy atom. The van der Waals surface area contributed by atoms with Gasteiger partial charge in [-0.15, -0.1) is 0 Å². The van der Waals surface area contributed by atoms with Crippen molar-refractivity contribution in [1.29, 1.82) is 0 Å². The molecule has 2 heterocycles. The van der Waals surface area contributed by atoms with E-state index in [-0.39, 0.29) is 17.8 Å². The van der Waals surface area contributed by atoms with Crippen LogP contribution in [0, 0.1) is 5.82 Å². The molecule has 31 heavy (non-hydrogen) atoms. The molecule has 5 nitrogen and oxygen atoms in total. The molecule has 2 aromatic carbocycles. The second kappa shape index (κ2) is 9.45. The van der Waals surface area contributed by atoms with Crippen LogP contribution in [0.4, 0.5) is 4.39 Å². The molecule has 7 heteroatoms. The number of hydrogen-bond donors (Lipinski definition) is 1. The summed E-state index contributed by atoms with van der Waals surface area (Å²) >= 11 is 6.18. The number of rotatable bonds is 6. The molecule has 2 unspecified atom stereocenters. The second-order valence-corrected chi connectivity index (χ2v) is 8.80. The predicted molar refractivity (Wildman–Crippen MR) is 118 cm³/mol. The molecule has 2 atom stereocenters. The van der Waals surface area contributed by atoms with Gasteiger partial charge in [0.05, 0.1) is 19.8 Å². The number of halogens is 2. The van der Waals surface area contributed by atoms with E-state index in [0.29, 0.717) is 34.2 Å². The first kappa shape index (κ1) is 21.9. The van der Waals surface area contributed by atoms with Gasteiger partial charge in [-0.3, -0.25) is 9.69 Å². The van der Waals surface area contributed by atoms with Crippen molar-refractivity contribution in [2.45, 2.75) is 56.8 Å². The standard InChI is InChI=1S/C24H28ClFN2O3/c1-30-22-11-16(25)10-21(23(22)31-2)24(29)27-18-12-19-4-3-5-20(13-18)28(19)14-15-6-8-17(26)9-7-15/h6-11,18-20H,3-5,12-14H2,1-2H3,(H,27,29). The number of hydrogen-bond acceptors (Lipinski definition) is 4. The zero-order valence-electron chi connectivity index (χ0n) is 17.9. The number of fused-ring (bicyclic) bond motifs is 2. The molecule has 1 amide bonds. The molecule has 166 valence electrons. The van der Waals surface area contributed by atoms with Crippen LogP contribution < -0.4 is 14.8 Å². The fraction of sp³-hybridized carbons (Fsp3) is 0.458. The minimum atomic E-state index is -0.210. The number of amides is 1. The van der Waals surface area contributed by atoms with E-state index in [1.54, 1.807) is 12.1 Å². The van der Waals surface area contributed by atoms with E-state index < -0.39 is 0 Å². The zero-order valence-corrected chi connectivity index (χ0v) is 18.6. The highest BCUT2D eigenvalue weighted by Crippen LogP contribution is 2.37. The normalized spacial score (nSPS) is 23.3. The van der Waals surface area contributed by atoms with Crippen LogP contribution in [-0.2, 0) is 6.54 Å². The number of ether oxygens (including phenoxy) is 2. The Morgan fingerprint density at radius 1 is 1.13 bits per heavy atom. The Bertz CT molecular complexity index is 923. The Balaban J connectivity index is 1.46. The van der Waals surface area contributed by atoms with E-state index in [1.165, 1.54) is 32.8 Å². The number of piperidine rings is 2. The molecule has 0 aliphatic carbocycles. The van der Waals surface area contributed by atoms with Gasteiger partial charge in [-0.1, -0.05) is 30.2 Å². The van der Waals surface area contributed by atoms with Crippen molar-refractivity contribution in [1.82, 2.24) is 10.2 Å². The first-order valence-corrected chi connectivity index (χ1v) is 11.1. The lowest BCUT2D eigenvalue weighted by molar-refractivity contribution is 0.0176. The third-order valence-corrected chi connectivity index (χ3v) is 6.65. The van der Waals surface area contributed by atoms with Gasteiger partial charge in [0.25, 0.3) is 5.91 Å². The number of benzene rings is 2. The van der Waals surface area contributed by atoms with Crippen molar-refractivity contribution in [3.8, 4) is 11.5 Å².